The molecule has 2 rings (SSSR count). The molecule has 0 aliphatic carbocycles. The molecule has 0 bridgehead atoms. The molecular formula is C22H28N2O4S. The molecule has 1 aromatic carbocycles. The number of carbonyl (C=O) groups excluding carboxylic acids is 2. The molecular weight excluding hydrogens is 388 g/mol. The smallest absolute Gasteiger partial charge is 0.269 e. The van der Waals surface area contributed by atoms with Crippen LogP contribution in [0.25, 0.3) is 12.2 Å². The lowest BCUT2D eigenvalue weighted by atomic mass is 9.91. The Morgan fingerprint density at radius 1 is 1.28 bits per heavy atom. The maximum Gasteiger partial charge on any atom is 0.269 e. The quantitative estimate of drug-likeness (QED) is 0.777. The van der Waals surface area contributed by atoms with Crippen LogP contribution < -0.4 is 24.8 Å². The normalized spacial score (nSPS) is 13.1. The second kappa shape index (κ2) is 9.22. The van der Waals surface area contributed by atoms with Gasteiger partial charge in [-0.15, -0.1) is 11.3 Å². The average molecular weight is 417 g/mol. The number of aromatic nitrogens is 1. The minimum Gasteiger partial charge on any atom is -0.497 e. The van der Waals surface area contributed by atoms with Crippen molar-refractivity contribution < 1.29 is 14.3 Å². The fourth-order valence-corrected chi connectivity index (χ4v) is 3.56. The highest BCUT2D eigenvalue weighted by atomic mass is 32.1. The number of carbonyl (C=O) groups is 2. The van der Waals surface area contributed by atoms with E-state index in [0.29, 0.717) is 14.9 Å². The number of hydrogen-bond acceptors (Lipinski definition) is 5. The van der Waals surface area contributed by atoms with Crippen LogP contribution >= 0.6 is 11.3 Å². The molecule has 1 aromatic heterocycles. The van der Waals surface area contributed by atoms with Crippen molar-refractivity contribution in [3.63, 3.8) is 0 Å². The summed E-state index contributed by atoms with van der Waals surface area (Å²) in [5.41, 5.74) is -0.0817. The lowest BCUT2D eigenvalue weighted by molar-refractivity contribution is -0.122. The third-order valence-electron chi connectivity index (χ3n) is 4.07. The van der Waals surface area contributed by atoms with Gasteiger partial charge in [-0.05, 0) is 37.6 Å². The Morgan fingerprint density at radius 3 is 2.55 bits per heavy atom. The Hall–Kier alpha value is -2.67. The van der Waals surface area contributed by atoms with Crippen LogP contribution in [0, 0.1) is 5.41 Å². The first-order valence-electron chi connectivity index (χ1n) is 9.42. The van der Waals surface area contributed by atoms with Crippen LogP contribution in [-0.4, -0.2) is 29.4 Å². The fourth-order valence-electron chi connectivity index (χ4n) is 2.52. The van der Waals surface area contributed by atoms with Gasteiger partial charge in [0.25, 0.3) is 5.56 Å². The molecule has 1 heterocycles. The Labute approximate surface area is 174 Å². The number of ketones is 1. The molecule has 0 aliphatic heterocycles. The first kappa shape index (κ1) is 22.6. The summed E-state index contributed by atoms with van der Waals surface area (Å²) in [6.45, 7) is 9.02. The van der Waals surface area contributed by atoms with E-state index >= 15 is 0 Å². The molecule has 156 valence electrons. The van der Waals surface area contributed by atoms with Crippen LogP contribution in [0.5, 0.6) is 5.75 Å². The van der Waals surface area contributed by atoms with Crippen LogP contribution in [-0.2, 0) is 16.1 Å². The number of Topliss-reactive ketones (excluding diaryl/α,β-unsaturated/α-hetero) is 1. The van der Waals surface area contributed by atoms with Crippen LogP contribution in [0.3, 0.4) is 0 Å². The molecule has 6 nitrogen and oxygen atoms in total. The SMILES string of the molecule is COc1cccc(/C=c2\s/c(=C\C(=O)C(C)(C)C)n(CC(=O)NC(C)C)c2=O)c1. The van der Waals surface area contributed by atoms with Gasteiger partial charge >= 0.3 is 0 Å². The van der Waals surface area contributed by atoms with Gasteiger partial charge in [0.05, 0.1) is 11.6 Å². The molecule has 2 aromatic rings. The van der Waals surface area contributed by atoms with Gasteiger partial charge in [0.2, 0.25) is 5.91 Å². The molecule has 1 N–H and O–H groups in total. The summed E-state index contributed by atoms with van der Waals surface area (Å²) in [5.74, 6) is 0.303. The number of methoxy groups -OCH3 is 1. The Balaban J connectivity index is 2.62. The largest absolute Gasteiger partial charge is 0.497 e. The highest BCUT2D eigenvalue weighted by Crippen LogP contribution is 2.15. The predicted molar refractivity (Wildman–Crippen MR) is 117 cm³/mol. The highest BCUT2D eigenvalue weighted by molar-refractivity contribution is 7.07. The number of ether oxygens (including phenoxy) is 1. The lowest BCUT2D eigenvalue weighted by Crippen LogP contribution is -2.40. The fraction of sp³-hybridized carbons (Fsp3) is 0.409. The van der Waals surface area contributed by atoms with Crippen molar-refractivity contribution in [1.82, 2.24) is 9.88 Å². The number of thiazole rings is 1. The summed E-state index contributed by atoms with van der Waals surface area (Å²) in [6, 6.07) is 7.30. The zero-order valence-corrected chi connectivity index (χ0v) is 18.6. The lowest BCUT2D eigenvalue weighted by Gasteiger charge is -2.13. The van der Waals surface area contributed by atoms with Crippen molar-refractivity contribution in [2.75, 3.05) is 7.11 Å². The van der Waals surface area contributed by atoms with Crippen LogP contribution in [0.4, 0.5) is 0 Å². The molecule has 7 heteroatoms. The van der Waals surface area contributed by atoms with Gasteiger partial charge in [-0.2, -0.15) is 0 Å². The third kappa shape index (κ3) is 6.15. The summed E-state index contributed by atoms with van der Waals surface area (Å²) in [6.07, 6.45) is 3.20. The van der Waals surface area contributed by atoms with E-state index in [1.54, 1.807) is 13.2 Å². The first-order chi connectivity index (χ1) is 13.5. The molecule has 1 amide bonds. The molecule has 0 atom stereocenters. The standard InChI is InChI=1S/C22H28N2O4S/c1-14(2)23-19(26)13-24-20(12-18(25)22(3,4)5)29-17(21(24)27)11-15-8-7-9-16(10-15)28-6/h7-12,14H,13H2,1-6H3,(H,23,26)/b17-11-,20-12-. The van der Waals surface area contributed by atoms with E-state index in [9.17, 15) is 14.4 Å². The first-order valence-corrected chi connectivity index (χ1v) is 10.2. The molecule has 0 spiro atoms. The number of amides is 1. The van der Waals surface area contributed by atoms with Crippen molar-refractivity contribution in [3.8, 4) is 5.75 Å². The molecule has 0 aliphatic rings. The number of hydrogen-bond donors (Lipinski definition) is 1. The van der Waals surface area contributed by atoms with Gasteiger partial charge < -0.3 is 10.1 Å². The summed E-state index contributed by atoms with van der Waals surface area (Å²) < 4.78 is 7.50. The summed E-state index contributed by atoms with van der Waals surface area (Å²) in [7, 11) is 1.58. The number of rotatable bonds is 6. The molecule has 0 fully saturated rings. The van der Waals surface area contributed by atoms with Gasteiger partial charge in [-0.3, -0.25) is 19.0 Å². The van der Waals surface area contributed by atoms with Crippen LogP contribution in [0.2, 0.25) is 0 Å². The topological polar surface area (TPSA) is 77.4 Å². The van der Waals surface area contributed by atoms with Gasteiger partial charge in [0, 0.05) is 17.5 Å². The monoisotopic (exact) mass is 416 g/mol. The molecule has 29 heavy (non-hydrogen) atoms. The Bertz CT molecular complexity index is 1070. The van der Waals surface area contributed by atoms with E-state index in [0.717, 1.165) is 5.56 Å². The molecule has 0 saturated carbocycles. The van der Waals surface area contributed by atoms with Crippen molar-refractivity contribution in [1.29, 1.82) is 0 Å². The number of nitrogens with one attached hydrogen (secondary N) is 1. The van der Waals surface area contributed by atoms with Crippen molar-refractivity contribution >= 4 is 35.2 Å². The summed E-state index contributed by atoms with van der Waals surface area (Å²) >= 11 is 1.20. The van der Waals surface area contributed by atoms with E-state index < -0.39 is 5.41 Å². The minimum absolute atomic E-state index is 0.0386. The third-order valence-corrected chi connectivity index (χ3v) is 5.13. The maximum atomic E-state index is 13.0. The molecule has 0 saturated heterocycles. The van der Waals surface area contributed by atoms with E-state index in [-0.39, 0.29) is 29.8 Å². The van der Waals surface area contributed by atoms with Gasteiger partial charge in [0.15, 0.2) is 5.78 Å². The van der Waals surface area contributed by atoms with Crippen LogP contribution in [0.1, 0.15) is 40.2 Å². The second-order valence-electron chi connectivity index (χ2n) is 8.10. The molecule has 0 radical (unpaired) electrons. The predicted octanol–water partition coefficient (Wildman–Crippen LogP) is 1.67. The Morgan fingerprint density at radius 2 is 1.97 bits per heavy atom. The van der Waals surface area contributed by atoms with E-state index in [4.69, 9.17) is 4.74 Å². The average Bonchev–Trinajstić information content (AvgIpc) is 2.89. The zero-order chi connectivity index (χ0) is 21.8. The van der Waals surface area contributed by atoms with E-state index in [2.05, 4.69) is 5.32 Å². The number of benzene rings is 1. The Kier molecular flexibility index (Phi) is 7.19. The van der Waals surface area contributed by atoms with Crippen molar-refractivity contribution in [2.24, 2.45) is 5.41 Å². The van der Waals surface area contributed by atoms with Crippen molar-refractivity contribution in [3.05, 3.63) is 49.4 Å². The van der Waals surface area contributed by atoms with Crippen molar-refractivity contribution in [2.45, 2.75) is 47.2 Å². The maximum absolute atomic E-state index is 13.0. The van der Waals surface area contributed by atoms with Crippen LogP contribution in [0.15, 0.2) is 29.1 Å². The minimum atomic E-state index is -0.582. The van der Waals surface area contributed by atoms with Gasteiger partial charge in [0.1, 0.15) is 17.0 Å². The summed E-state index contributed by atoms with van der Waals surface area (Å²) in [4.78, 5) is 37.8. The number of nitrogens with zero attached hydrogens (tertiary/aromatic N) is 1. The van der Waals surface area contributed by atoms with E-state index in [1.807, 2.05) is 58.9 Å². The van der Waals surface area contributed by atoms with E-state index in [1.165, 1.54) is 22.0 Å². The van der Waals surface area contributed by atoms with Gasteiger partial charge in [-0.1, -0.05) is 32.9 Å². The highest BCUT2D eigenvalue weighted by Gasteiger charge is 2.20. The second-order valence-corrected chi connectivity index (χ2v) is 9.16. The summed E-state index contributed by atoms with van der Waals surface area (Å²) in [5, 5.41) is 2.78. The zero-order valence-electron chi connectivity index (χ0n) is 17.7. The molecule has 0 unspecified atom stereocenters. The van der Waals surface area contributed by atoms with Gasteiger partial charge in [-0.25, -0.2) is 0 Å².